The number of aliphatic hydroxyl groups excluding tert-OH is 1. The topological polar surface area (TPSA) is 59.2 Å². The zero-order chi connectivity index (χ0) is 10.4. The summed E-state index contributed by atoms with van der Waals surface area (Å²) in [6, 6.07) is 0. The van der Waals surface area contributed by atoms with Crippen molar-refractivity contribution < 1.29 is 9.63 Å². The lowest BCUT2D eigenvalue weighted by Gasteiger charge is -2.04. The number of rotatable bonds is 2. The predicted molar refractivity (Wildman–Crippen MR) is 53.1 cm³/mol. The molecule has 0 radical (unpaired) electrons. The molecule has 4 nitrogen and oxygen atoms in total. The SMILES string of the molecule is CC(O)c1noc(C2C3CCCCC32)n1. The lowest BCUT2D eigenvalue weighted by atomic mass is 10.0. The van der Waals surface area contributed by atoms with E-state index in [-0.39, 0.29) is 0 Å². The van der Waals surface area contributed by atoms with Gasteiger partial charge in [0.05, 0.1) is 0 Å². The Hall–Kier alpha value is -0.900. The van der Waals surface area contributed by atoms with E-state index in [1.807, 2.05) is 0 Å². The maximum absolute atomic E-state index is 9.31. The van der Waals surface area contributed by atoms with Crippen LogP contribution < -0.4 is 0 Å². The van der Waals surface area contributed by atoms with Crippen molar-refractivity contribution in [1.82, 2.24) is 10.1 Å². The molecule has 2 aliphatic carbocycles. The fraction of sp³-hybridized carbons (Fsp3) is 0.818. The van der Waals surface area contributed by atoms with E-state index in [2.05, 4.69) is 10.1 Å². The van der Waals surface area contributed by atoms with Crippen molar-refractivity contribution in [2.24, 2.45) is 11.8 Å². The number of hydrogen-bond acceptors (Lipinski definition) is 4. The molecule has 2 fully saturated rings. The van der Waals surface area contributed by atoms with Crippen LogP contribution in [0.25, 0.3) is 0 Å². The van der Waals surface area contributed by atoms with Crippen molar-refractivity contribution >= 4 is 0 Å². The highest BCUT2D eigenvalue weighted by Crippen LogP contribution is 2.60. The van der Waals surface area contributed by atoms with Gasteiger partial charge in [0.15, 0.2) is 5.82 Å². The van der Waals surface area contributed by atoms with Gasteiger partial charge in [-0.15, -0.1) is 0 Å². The molecule has 0 saturated heterocycles. The lowest BCUT2D eigenvalue weighted by Crippen LogP contribution is -1.93. The van der Waals surface area contributed by atoms with Gasteiger partial charge in [0.2, 0.25) is 5.89 Å². The molecule has 0 aromatic carbocycles. The molecule has 4 heteroatoms. The maximum atomic E-state index is 9.31. The molecule has 3 rings (SSSR count). The second kappa shape index (κ2) is 3.30. The summed E-state index contributed by atoms with van der Waals surface area (Å²) in [7, 11) is 0. The van der Waals surface area contributed by atoms with Gasteiger partial charge in [0.1, 0.15) is 6.10 Å². The number of nitrogens with zero attached hydrogens (tertiary/aromatic N) is 2. The summed E-state index contributed by atoms with van der Waals surface area (Å²) >= 11 is 0. The van der Waals surface area contributed by atoms with E-state index < -0.39 is 6.10 Å². The molecular formula is C11H16N2O2. The Kier molecular flexibility index (Phi) is 2.06. The van der Waals surface area contributed by atoms with E-state index in [0.29, 0.717) is 11.7 Å². The smallest absolute Gasteiger partial charge is 0.230 e. The van der Waals surface area contributed by atoms with Crippen molar-refractivity contribution in [3.63, 3.8) is 0 Å². The summed E-state index contributed by atoms with van der Waals surface area (Å²) in [6.07, 6.45) is 4.68. The molecule has 15 heavy (non-hydrogen) atoms. The van der Waals surface area contributed by atoms with Gasteiger partial charge in [-0.2, -0.15) is 4.98 Å². The van der Waals surface area contributed by atoms with Gasteiger partial charge in [-0.3, -0.25) is 0 Å². The van der Waals surface area contributed by atoms with Crippen molar-refractivity contribution in [3.8, 4) is 0 Å². The quantitative estimate of drug-likeness (QED) is 0.807. The summed E-state index contributed by atoms with van der Waals surface area (Å²) in [5, 5.41) is 13.1. The van der Waals surface area contributed by atoms with Crippen molar-refractivity contribution in [2.45, 2.75) is 44.6 Å². The third kappa shape index (κ3) is 1.47. The minimum absolute atomic E-state index is 0.425. The van der Waals surface area contributed by atoms with Crippen LogP contribution in [0.2, 0.25) is 0 Å². The maximum Gasteiger partial charge on any atom is 0.230 e. The highest BCUT2D eigenvalue weighted by molar-refractivity contribution is 5.14. The summed E-state index contributed by atoms with van der Waals surface area (Å²) in [5.74, 6) is 3.23. The van der Waals surface area contributed by atoms with Crippen LogP contribution in [0.15, 0.2) is 4.52 Å². The minimum Gasteiger partial charge on any atom is -0.385 e. The molecule has 1 aromatic rings. The van der Waals surface area contributed by atoms with Gasteiger partial charge in [-0.05, 0) is 31.6 Å². The van der Waals surface area contributed by atoms with Gasteiger partial charge in [0.25, 0.3) is 0 Å². The highest BCUT2D eigenvalue weighted by atomic mass is 16.5. The van der Waals surface area contributed by atoms with Crippen LogP contribution in [0.1, 0.15) is 56.3 Å². The number of hydrogen-bond donors (Lipinski definition) is 1. The van der Waals surface area contributed by atoms with Crippen molar-refractivity contribution in [3.05, 3.63) is 11.7 Å². The molecule has 2 saturated carbocycles. The fourth-order valence-corrected chi connectivity index (χ4v) is 2.91. The highest BCUT2D eigenvalue weighted by Gasteiger charge is 2.54. The first-order chi connectivity index (χ1) is 7.27. The van der Waals surface area contributed by atoms with Crippen LogP contribution in [0.3, 0.4) is 0 Å². The van der Waals surface area contributed by atoms with Gasteiger partial charge in [-0.1, -0.05) is 18.0 Å². The first kappa shape index (κ1) is 9.33. The molecule has 3 unspecified atom stereocenters. The van der Waals surface area contributed by atoms with Gasteiger partial charge in [0, 0.05) is 5.92 Å². The first-order valence-corrected chi connectivity index (χ1v) is 5.79. The first-order valence-electron chi connectivity index (χ1n) is 5.79. The van der Waals surface area contributed by atoms with Crippen LogP contribution in [0, 0.1) is 11.8 Å². The Balaban J connectivity index is 1.77. The Bertz CT molecular complexity index is 349. The molecule has 0 aliphatic heterocycles. The number of aliphatic hydroxyl groups is 1. The molecule has 0 bridgehead atoms. The Morgan fingerprint density at radius 2 is 2.00 bits per heavy atom. The second-order valence-corrected chi connectivity index (χ2v) is 4.80. The van der Waals surface area contributed by atoms with Crippen molar-refractivity contribution in [2.75, 3.05) is 0 Å². The summed E-state index contributed by atoms with van der Waals surface area (Å²) in [6.45, 7) is 1.66. The van der Waals surface area contributed by atoms with Crippen LogP contribution in [0.4, 0.5) is 0 Å². The number of aromatic nitrogens is 2. The van der Waals surface area contributed by atoms with Crippen LogP contribution in [0.5, 0.6) is 0 Å². The molecule has 3 atom stereocenters. The molecule has 82 valence electrons. The molecule has 1 N–H and O–H groups in total. The summed E-state index contributed by atoms with van der Waals surface area (Å²) in [5.41, 5.74) is 0. The Labute approximate surface area is 88.7 Å². The van der Waals surface area contributed by atoms with Crippen molar-refractivity contribution in [1.29, 1.82) is 0 Å². The Morgan fingerprint density at radius 1 is 1.33 bits per heavy atom. The fourth-order valence-electron chi connectivity index (χ4n) is 2.91. The minimum atomic E-state index is -0.622. The molecule has 1 aromatic heterocycles. The monoisotopic (exact) mass is 208 g/mol. The van der Waals surface area contributed by atoms with Crippen LogP contribution in [-0.4, -0.2) is 15.2 Å². The molecular weight excluding hydrogens is 192 g/mol. The molecule has 0 amide bonds. The van der Waals surface area contributed by atoms with E-state index in [9.17, 15) is 5.11 Å². The average Bonchev–Trinajstić information content (AvgIpc) is 2.75. The Morgan fingerprint density at radius 3 is 2.53 bits per heavy atom. The van der Waals surface area contributed by atoms with Crippen LogP contribution >= 0.6 is 0 Å². The normalized spacial score (nSPS) is 36.0. The van der Waals surface area contributed by atoms with E-state index in [1.165, 1.54) is 25.7 Å². The van der Waals surface area contributed by atoms with Crippen LogP contribution in [-0.2, 0) is 0 Å². The molecule has 1 heterocycles. The molecule has 2 aliphatic rings. The number of fused-ring (bicyclic) bond motifs is 1. The molecule has 0 spiro atoms. The summed E-state index contributed by atoms with van der Waals surface area (Å²) in [4.78, 5) is 4.27. The lowest BCUT2D eigenvalue weighted by molar-refractivity contribution is 0.184. The zero-order valence-electron chi connectivity index (χ0n) is 8.89. The second-order valence-electron chi connectivity index (χ2n) is 4.80. The van der Waals surface area contributed by atoms with E-state index in [0.717, 1.165) is 17.7 Å². The predicted octanol–water partition coefficient (Wildman–Crippen LogP) is 2.03. The zero-order valence-corrected chi connectivity index (χ0v) is 8.89. The standard InChI is InChI=1S/C11H16N2O2/c1-6(14)10-12-11(15-13-10)9-7-4-2-3-5-8(7)9/h6-9,14H,2-5H2,1H3. The van der Waals surface area contributed by atoms with Gasteiger partial charge in [-0.25, -0.2) is 0 Å². The third-order valence-corrected chi connectivity index (χ3v) is 3.77. The van der Waals surface area contributed by atoms with Gasteiger partial charge < -0.3 is 9.63 Å². The summed E-state index contributed by atoms with van der Waals surface area (Å²) < 4.78 is 5.22. The third-order valence-electron chi connectivity index (χ3n) is 3.77. The average molecular weight is 208 g/mol. The van der Waals surface area contributed by atoms with E-state index >= 15 is 0 Å². The van der Waals surface area contributed by atoms with E-state index in [4.69, 9.17) is 4.52 Å². The largest absolute Gasteiger partial charge is 0.385 e. The van der Waals surface area contributed by atoms with E-state index in [1.54, 1.807) is 6.92 Å². The van der Waals surface area contributed by atoms with Gasteiger partial charge >= 0.3 is 0 Å².